The van der Waals surface area contributed by atoms with Gasteiger partial charge in [0.1, 0.15) is 0 Å². The van der Waals surface area contributed by atoms with Gasteiger partial charge in [-0.3, -0.25) is 9.59 Å². The van der Waals surface area contributed by atoms with Crippen molar-refractivity contribution in [2.45, 2.75) is 26.3 Å². The summed E-state index contributed by atoms with van der Waals surface area (Å²) < 4.78 is 0. The van der Waals surface area contributed by atoms with Crippen LogP contribution in [-0.2, 0) is 9.59 Å². The van der Waals surface area contributed by atoms with E-state index in [0.29, 0.717) is 6.54 Å². The summed E-state index contributed by atoms with van der Waals surface area (Å²) in [6.45, 7) is 3.85. The normalized spacial score (nSPS) is 13.3. The van der Waals surface area contributed by atoms with Crippen LogP contribution in [0.2, 0.25) is 0 Å². The van der Waals surface area contributed by atoms with E-state index in [1.165, 1.54) is 0 Å². The molecule has 0 heterocycles. The van der Waals surface area contributed by atoms with Gasteiger partial charge in [-0.15, -0.1) is 0 Å². The lowest BCUT2D eigenvalue weighted by molar-refractivity contribution is -0.126. The summed E-state index contributed by atoms with van der Waals surface area (Å²) in [7, 11) is 0. The fourth-order valence-corrected chi connectivity index (χ4v) is 0.823. The maximum Gasteiger partial charge on any atom is 0.237 e. The molecule has 0 saturated heterocycles. The number of carbonyl (C=O) groups excluding carboxylic acids is 2. The molecule has 0 aromatic heterocycles. The first-order chi connectivity index (χ1) is 6.78. The van der Waals surface area contributed by atoms with Gasteiger partial charge in [-0.2, -0.15) is 0 Å². The number of amides is 2. The number of hydrogen-bond acceptors (Lipinski definition) is 4. The van der Waals surface area contributed by atoms with Crippen molar-refractivity contribution < 1.29 is 14.7 Å². The van der Waals surface area contributed by atoms with Crippen molar-refractivity contribution in [1.29, 1.82) is 0 Å². The van der Waals surface area contributed by atoms with Crippen molar-refractivity contribution in [2.75, 3.05) is 13.2 Å². The molecule has 1 atom stereocenters. The third-order valence-corrected chi connectivity index (χ3v) is 1.93. The molecular weight excluding hydrogens is 198 g/mol. The van der Waals surface area contributed by atoms with Crippen LogP contribution in [0.4, 0.5) is 0 Å². The Bertz CT molecular complexity index is 241. The Morgan fingerprint density at radius 1 is 1.47 bits per heavy atom. The minimum atomic E-state index is -0.919. The lowest BCUT2D eigenvalue weighted by Crippen LogP contribution is -2.46. The number of aliphatic hydroxyl groups is 1. The van der Waals surface area contributed by atoms with E-state index in [1.54, 1.807) is 13.8 Å². The van der Waals surface area contributed by atoms with E-state index in [2.05, 4.69) is 5.32 Å². The van der Waals surface area contributed by atoms with E-state index in [9.17, 15) is 9.59 Å². The molecule has 6 N–H and O–H groups in total. The quantitative estimate of drug-likeness (QED) is 0.425. The molecule has 88 valence electrons. The van der Waals surface area contributed by atoms with Crippen LogP contribution in [0, 0.1) is 5.41 Å². The number of hydrogen-bond donors (Lipinski definition) is 4. The highest BCUT2D eigenvalue weighted by molar-refractivity contribution is 5.87. The lowest BCUT2D eigenvalue weighted by Gasteiger charge is -2.22. The molecule has 1 unspecified atom stereocenters. The van der Waals surface area contributed by atoms with Crippen LogP contribution in [0.25, 0.3) is 0 Å². The Labute approximate surface area is 89.0 Å². The van der Waals surface area contributed by atoms with E-state index in [4.69, 9.17) is 16.6 Å². The van der Waals surface area contributed by atoms with Crippen molar-refractivity contribution >= 4 is 11.8 Å². The lowest BCUT2D eigenvalue weighted by atomic mass is 9.95. The van der Waals surface area contributed by atoms with Crippen LogP contribution in [-0.4, -0.2) is 36.1 Å². The van der Waals surface area contributed by atoms with Gasteiger partial charge in [-0.25, -0.2) is 0 Å². The van der Waals surface area contributed by atoms with Gasteiger partial charge in [0.05, 0.1) is 12.5 Å². The predicted octanol–water partition coefficient (Wildman–Crippen LogP) is -1.68. The summed E-state index contributed by atoms with van der Waals surface area (Å²) in [5.74, 6) is -1.05. The molecule has 0 bridgehead atoms. The molecule has 0 aliphatic rings. The second-order valence-electron chi connectivity index (χ2n) is 4.32. The summed E-state index contributed by atoms with van der Waals surface area (Å²) in [4.78, 5) is 21.8. The molecule has 0 spiro atoms. The predicted molar refractivity (Wildman–Crippen MR) is 55.7 cm³/mol. The second-order valence-corrected chi connectivity index (χ2v) is 4.32. The van der Waals surface area contributed by atoms with Crippen molar-refractivity contribution in [3.8, 4) is 0 Å². The van der Waals surface area contributed by atoms with E-state index in [0.717, 1.165) is 0 Å². The van der Waals surface area contributed by atoms with E-state index < -0.39 is 23.3 Å². The summed E-state index contributed by atoms with van der Waals surface area (Å²) in [6, 6.07) is -0.919. The highest BCUT2D eigenvalue weighted by atomic mass is 16.3. The fourth-order valence-electron chi connectivity index (χ4n) is 0.823. The van der Waals surface area contributed by atoms with Gasteiger partial charge in [0.2, 0.25) is 11.8 Å². The van der Waals surface area contributed by atoms with E-state index >= 15 is 0 Å². The van der Waals surface area contributed by atoms with Gasteiger partial charge >= 0.3 is 0 Å². The van der Waals surface area contributed by atoms with E-state index in [-0.39, 0.29) is 13.0 Å². The Kier molecular flexibility index (Phi) is 5.24. The molecule has 2 amide bonds. The van der Waals surface area contributed by atoms with Crippen LogP contribution in [0.15, 0.2) is 0 Å². The molecule has 0 radical (unpaired) electrons. The Balaban J connectivity index is 3.98. The molecule has 0 aromatic carbocycles. The first kappa shape index (κ1) is 13.9. The molecule has 0 aromatic rings. The van der Waals surface area contributed by atoms with Gasteiger partial charge < -0.3 is 21.9 Å². The number of nitrogens with two attached hydrogens (primary N) is 2. The fraction of sp³-hybridized carbons (Fsp3) is 0.778. The largest absolute Gasteiger partial charge is 0.396 e. The zero-order valence-corrected chi connectivity index (χ0v) is 9.12. The maximum atomic E-state index is 11.3. The molecule has 0 saturated carbocycles. The molecule has 6 nitrogen and oxygen atoms in total. The number of rotatable bonds is 6. The van der Waals surface area contributed by atoms with Crippen molar-refractivity contribution in [1.82, 2.24) is 5.32 Å². The summed E-state index contributed by atoms with van der Waals surface area (Å²) >= 11 is 0. The summed E-state index contributed by atoms with van der Waals surface area (Å²) in [6.07, 6.45) is -0.175. The number of carbonyl (C=O) groups is 2. The van der Waals surface area contributed by atoms with Crippen molar-refractivity contribution in [2.24, 2.45) is 16.9 Å². The van der Waals surface area contributed by atoms with Gasteiger partial charge in [0.25, 0.3) is 0 Å². The average molecular weight is 217 g/mol. The van der Waals surface area contributed by atoms with Crippen molar-refractivity contribution in [3.63, 3.8) is 0 Å². The monoisotopic (exact) mass is 217 g/mol. The number of primary amides is 1. The van der Waals surface area contributed by atoms with Gasteiger partial charge in [0, 0.05) is 18.6 Å². The molecule has 15 heavy (non-hydrogen) atoms. The first-order valence-corrected chi connectivity index (χ1v) is 4.71. The SMILES string of the molecule is CC(C)(CO)CNC(=O)C(N)CC(N)=O. The molecule has 0 aliphatic heterocycles. The zero-order valence-electron chi connectivity index (χ0n) is 9.12. The molecule has 0 fully saturated rings. The first-order valence-electron chi connectivity index (χ1n) is 4.71. The molecular formula is C9H19N3O3. The highest BCUT2D eigenvalue weighted by Crippen LogP contribution is 2.11. The van der Waals surface area contributed by atoms with Gasteiger partial charge in [-0.05, 0) is 0 Å². The van der Waals surface area contributed by atoms with Crippen LogP contribution in [0.5, 0.6) is 0 Å². The van der Waals surface area contributed by atoms with Gasteiger partial charge in [0.15, 0.2) is 0 Å². The standard InChI is InChI=1S/C9H19N3O3/c1-9(2,5-13)4-12-8(15)6(10)3-7(11)14/h6,13H,3-5,10H2,1-2H3,(H2,11,14)(H,12,15). The Morgan fingerprint density at radius 2 is 2.00 bits per heavy atom. The van der Waals surface area contributed by atoms with Crippen molar-refractivity contribution in [3.05, 3.63) is 0 Å². The van der Waals surface area contributed by atoms with Gasteiger partial charge in [-0.1, -0.05) is 13.8 Å². The third-order valence-electron chi connectivity index (χ3n) is 1.93. The van der Waals surface area contributed by atoms with Crippen LogP contribution in [0.3, 0.4) is 0 Å². The molecule has 0 aliphatic carbocycles. The minimum absolute atomic E-state index is 0.0433. The Morgan fingerprint density at radius 3 is 2.40 bits per heavy atom. The van der Waals surface area contributed by atoms with Crippen LogP contribution in [0.1, 0.15) is 20.3 Å². The average Bonchev–Trinajstić information content (AvgIpc) is 2.13. The summed E-state index contributed by atoms with van der Waals surface area (Å²) in [5, 5.41) is 11.5. The highest BCUT2D eigenvalue weighted by Gasteiger charge is 2.20. The minimum Gasteiger partial charge on any atom is -0.396 e. The smallest absolute Gasteiger partial charge is 0.237 e. The van der Waals surface area contributed by atoms with E-state index in [1.807, 2.05) is 0 Å². The van der Waals surface area contributed by atoms with Crippen LogP contribution >= 0.6 is 0 Å². The summed E-state index contributed by atoms with van der Waals surface area (Å²) in [5.41, 5.74) is 9.91. The maximum absolute atomic E-state index is 11.3. The number of nitrogens with one attached hydrogen (secondary N) is 1. The topological polar surface area (TPSA) is 118 Å². The molecule has 6 heteroatoms. The van der Waals surface area contributed by atoms with Crippen LogP contribution < -0.4 is 16.8 Å². The Hall–Kier alpha value is -1.14. The second kappa shape index (κ2) is 5.67. The molecule has 0 rings (SSSR count). The zero-order chi connectivity index (χ0) is 12.1. The third kappa shape index (κ3) is 6.03. The number of aliphatic hydroxyl groups excluding tert-OH is 1.